The minimum Gasteiger partial charge on any atom is -0.480 e. The molecule has 8 heteroatoms. The first kappa shape index (κ1) is 17.7. The Kier molecular flexibility index (Phi) is 5.01. The van der Waals surface area contributed by atoms with Gasteiger partial charge in [0.15, 0.2) is 6.39 Å². The largest absolute Gasteiger partial charge is 0.480 e. The molecule has 2 N–H and O–H groups in total. The third-order valence-corrected chi connectivity index (χ3v) is 4.37. The first-order valence-electron chi connectivity index (χ1n) is 8.32. The highest BCUT2D eigenvalue weighted by Gasteiger charge is 2.32. The second-order valence-corrected chi connectivity index (χ2v) is 6.15. The zero-order valence-corrected chi connectivity index (χ0v) is 14.3. The maximum atomic E-state index is 12.8. The van der Waals surface area contributed by atoms with Crippen molar-refractivity contribution in [3.63, 3.8) is 0 Å². The fourth-order valence-electron chi connectivity index (χ4n) is 3.03. The van der Waals surface area contributed by atoms with Gasteiger partial charge in [-0.25, -0.2) is 9.78 Å². The lowest BCUT2D eigenvalue weighted by atomic mass is 10.0. The van der Waals surface area contributed by atoms with Crippen LogP contribution in [-0.4, -0.2) is 45.4 Å². The minimum absolute atomic E-state index is 0.101. The third kappa shape index (κ3) is 3.58. The highest BCUT2D eigenvalue weighted by Crippen LogP contribution is 2.21. The van der Waals surface area contributed by atoms with E-state index in [-0.39, 0.29) is 11.7 Å². The van der Waals surface area contributed by atoms with E-state index in [1.807, 2.05) is 0 Å². The van der Waals surface area contributed by atoms with Crippen molar-refractivity contribution in [2.24, 2.45) is 0 Å². The molecular formula is C18H19N3O5. The Hall–Kier alpha value is -3.16. The summed E-state index contributed by atoms with van der Waals surface area (Å²) in [4.78, 5) is 41.6. The quantitative estimate of drug-likeness (QED) is 0.868. The molecule has 2 heterocycles. The number of aryl methyl sites for hydroxylation is 1. The lowest BCUT2D eigenvalue weighted by Gasteiger charge is -2.33. The summed E-state index contributed by atoms with van der Waals surface area (Å²) in [5.74, 6) is -1.72. The van der Waals surface area contributed by atoms with E-state index >= 15 is 0 Å². The van der Waals surface area contributed by atoms with Crippen LogP contribution in [-0.2, 0) is 4.79 Å². The molecule has 1 aliphatic rings. The summed E-state index contributed by atoms with van der Waals surface area (Å²) in [6.45, 7) is 2.06. The van der Waals surface area contributed by atoms with Crippen LogP contribution in [0.5, 0.6) is 0 Å². The summed E-state index contributed by atoms with van der Waals surface area (Å²) in [7, 11) is 0. The van der Waals surface area contributed by atoms with Crippen molar-refractivity contribution in [3.05, 3.63) is 47.7 Å². The van der Waals surface area contributed by atoms with Crippen molar-refractivity contribution in [3.8, 4) is 0 Å². The molecule has 1 aromatic carbocycles. The van der Waals surface area contributed by atoms with Gasteiger partial charge in [0.05, 0.1) is 5.69 Å². The molecule has 1 aromatic heterocycles. The van der Waals surface area contributed by atoms with Crippen LogP contribution < -0.4 is 5.32 Å². The smallest absolute Gasteiger partial charge is 0.326 e. The van der Waals surface area contributed by atoms with Gasteiger partial charge in [0.25, 0.3) is 11.8 Å². The SMILES string of the molecule is Cc1ncoc1C(=O)Nc1cccc(C(=O)N2CCCCC2C(=O)O)c1. The number of rotatable bonds is 4. The number of carbonyl (C=O) groups excluding carboxylic acids is 2. The standard InChI is InChI=1S/C18H19N3O5/c1-11-15(26-10-19-11)16(22)20-13-6-4-5-12(9-13)17(23)21-8-3-2-7-14(21)18(24)25/h4-6,9-10,14H,2-3,7-8H2,1H3,(H,20,22)(H,24,25). The van der Waals surface area contributed by atoms with Crippen molar-refractivity contribution in [1.82, 2.24) is 9.88 Å². The number of likely N-dealkylation sites (tertiary alicyclic amines) is 1. The number of carboxylic acid groups (broad SMARTS) is 1. The molecule has 2 amide bonds. The zero-order chi connectivity index (χ0) is 18.7. The summed E-state index contributed by atoms with van der Waals surface area (Å²) >= 11 is 0. The average molecular weight is 357 g/mol. The van der Waals surface area contributed by atoms with Crippen LogP contribution in [0.2, 0.25) is 0 Å². The summed E-state index contributed by atoms with van der Waals surface area (Å²) in [5, 5.41) is 12.0. The van der Waals surface area contributed by atoms with Crippen molar-refractivity contribution in [2.75, 3.05) is 11.9 Å². The molecule has 136 valence electrons. The predicted octanol–water partition coefficient (Wildman–Crippen LogP) is 2.31. The Morgan fingerprint density at radius 1 is 1.31 bits per heavy atom. The molecule has 8 nitrogen and oxygen atoms in total. The van der Waals surface area contributed by atoms with Gasteiger partial charge < -0.3 is 19.7 Å². The molecule has 0 saturated carbocycles. The second-order valence-electron chi connectivity index (χ2n) is 6.15. The minimum atomic E-state index is -0.997. The number of anilines is 1. The fraction of sp³-hybridized carbons (Fsp3) is 0.333. The number of aliphatic carboxylic acids is 1. The Balaban J connectivity index is 1.78. The van der Waals surface area contributed by atoms with E-state index in [9.17, 15) is 19.5 Å². The number of aromatic nitrogens is 1. The molecule has 1 saturated heterocycles. The van der Waals surface area contributed by atoms with Crippen LogP contribution in [0.4, 0.5) is 5.69 Å². The van der Waals surface area contributed by atoms with Crippen molar-refractivity contribution in [1.29, 1.82) is 0 Å². The molecule has 1 atom stereocenters. The molecule has 2 aromatic rings. The number of benzene rings is 1. The van der Waals surface area contributed by atoms with Crippen LogP contribution in [0.3, 0.4) is 0 Å². The molecule has 1 fully saturated rings. The van der Waals surface area contributed by atoms with Gasteiger partial charge in [0.1, 0.15) is 6.04 Å². The molecule has 0 bridgehead atoms. The van der Waals surface area contributed by atoms with Crippen molar-refractivity contribution >= 4 is 23.5 Å². The highest BCUT2D eigenvalue weighted by molar-refractivity contribution is 6.04. The molecule has 26 heavy (non-hydrogen) atoms. The first-order valence-corrected chi connectivity index (χ1v) is 8.32. The van der Waals surface area contributed by atoms with Crippen LogP contribution in [0.15, 0.2) is 35.1 Å². The molecule has 0 aliphatic carbocycles. The molecule has 3 rings (SSSR count). The van der Waals surface area contributed by atoms with Gasteiger partial charge in [0, 0.05) is 17.8 Å². The van der Waals surface area contributed by atoms with E-state index in [2.05, 4.69) is 10.3 Å². The van der Waals surface area contributed by atoms with E-state index in [0.717, 1.165) is 12.8 Å². The molecular weight excluding hydrogens is 338 g/mol. The number of nitrogens with zero attached hydrogens (tertiary/aromatic N) is 2. The van der Waals surface area contributed by atoms with Gasteiger partial charge in [-0.05, 0) is 44.4 Å². The first-order chi connectivity index (χ1) is 12.5. The number of hydrogen-bond donors (Lipinski definition) is 2. The number of hydrogen-bond acceptors (Lipinski definition) is 5. The Morgan fingerprint density at radius 3 is 2.81 bits per heavy atom. The number of amides is 2. The molecule has 1 unspecified atom stereocenters. The Bertz CT molecular complexity index is 845. The summed E-state index contributed by atoms with van der Waals surface area (Å²) in [5.41, 5.74) is 1.21. The Morgan fingerprint density at radius 2 is 2.12 bits per heavy atom. The summed E-state index contributed by atoms with van der Waals surface area (Å²) in [6, 6.07) is 5.59. The van der Waals surface area contributed by atoms with E-state index < -0.39 is 17.9 Å². The Labute approximate surface area is 149 Å². The maximum absolute atomic E-state index is 12.8. The number of piperidine rings is 1. The molecule has 0 spiro atoms. The van der Waals surface area contributed by atoms with Crippen LogP contribution in [0, 0.1) is 6.92 Å². The molecule has 0 radical (unpaired) electrons. The summed E-state index contributed by atoms with van der Waals surface area (Å²) in [6.07, 6.45) is 3.19. The fourth-order valence-corrected chi connectivity index (χ4v) is 3.03. The normalized spacial score (nSPS) is 17.0. The van der Waals surface area contributed by atoms with E-state index in [1.54, 1.807) is 25.1 Å². The van der Waals surface area contributed by atoms with Crippen LogP contribution in [0.25, 0.3) is 0 Å². The van der Waals surface area contributed by atoms with Crippen LogP contribution >= 0.6 is 0 Å². The number of nitrogens with one attached hydrogen (secondary N) is 1. The summed E-state index contributed by atoms with van der Waals surface area (Å²) < 4.78 is 5.05. The van der Waals surface area contributed by atoms with Gasteiger partial charge >= 0.3 is 5.97 Å². The predicted molar refractivity (Wildman–Crippen MR) is 91.9 cm³/mol. The van der Waals surface area contributed by atoms with Gasteiger partial charge in [-0.15, -0.1) is 0 Å². The van der Waals surface area contributed by atoms with Gasteiger partial charge in [0.2, 0.25) is 5.76 Å². The monoisotopic (exact) mass is 357 g/mol. The topological polar surface area (TPSA) is 113 Å². The number of carbonyl (C=O) groups is 3. The maximum Gasteiger partial charge on any atom is 0.326 e. The van der Waals surface area contributed by atoms with Crippen molar-refractivity contribution < 1.29 is 23.9 Å². The van der Waals surface area contributed by atoms with Crippen molar-refractivity contribution in [2.45, 2.75) is 32.2 Å². The number of carboxylic acids is 1. The second kappa shape index (κ2) is 7.38. The lowest BCUT2D eigenvalue weighted by Crippen LogP contribution is -2.48. The lowest BCUT2D eigenvalue weighted by molar-refractivity contribution is -0.143. The van der Waals surface area contributed by atoms with Crippen LogP contribution in [0.1, 0.15) is 45.9 Å². The van der Waals surface area contributed by atoms with E-state index in [1.165, 1.54) is 17.4 Å². The third-order valence-electron chi connectivity index (χ3n) is 4.37. The average Bonchev–Trinajstić information content (AvgIpc) is 3.07. The van der Waals surface area contributed by atoms with E-state index in [4.69, 9.17) is 4.42 Å². The number of oxazole rings is 1. The van der Waals surface area contributed by atoms with Gasteiger partial charge in [-0.2, -0.15) is 0 Å². The van der Waals surface area contributed by atoms with E-state index in [0.29, 0.717) is 29.9 Å². The molecule has 1 aliphatic heterocycles. The zero-order valence-electron chi connectivity index (χ0n) is 14.3. The highest BCUT2D eigenvalue weighted by atomic mass is 16.4. The van der Waals surface area contributed by atoms with Gasteiger partial charge in [-0.1, -0.05) is 6.07 Å². The van der Waals surface area contributed by atoms with Gasteiger partial charge in [-0.3, -0.25) is 9.59 Å².